The largest absolute Gasteiger partial charge is 0.394 e. The van der Waals surface area contributed by atoms with E-state index in [0.717, 1.165) is 38.5 Å². The third-order valence-corrected chi connectivity index (χ3v) is 15.4. The van der Waals surface area contributed by atoms with Crippen molar-refractivity contribution < 1.29 is 20.1 Å². The maximum absolute atomic E-state index is 12.5. The topological polar surface area (TPSA) is 89.8 Å². The average molecular weight is 975 g/mol. The van der Waals surface area contributed by atoms with Crippen molar-refractivity contribution in [3.63, 3.8) is 0 Å². The fraction of sp³-hybridized carbons (Fsp3) is 0.953. The molecule has 3 atom stereocenters. The van der Waals surface area contributed by atoms with Crippen LogP contribution in [-0.2, 0) is 4.79 Å². The molecule has 0 heterocycles. The Kier molecular flexibility index (Phi) is 58.9. The van der Waals surface area contributed by atoms with Gasteiger partial charge < -0.3 is 20.6 Å². The summed E-state index contributed by atoms with van der Waals surface area (Å²) in [5.41, 5.74) is 0. The Morgan fingerprint density at radius 1 is 0.348 bits per heavy atom. The van der Waals surface area contributed by atoms with Crippen molar-refractivity contribution in [3.8, 4) is 0 Å². The van der Waals surface area contributed by atoms with Gasteiger partial charge in [-0.25, -0.2) is 0 Å². The van der Waals surface area contributed by atoms with Gasteiger partial charge in [0, 0.05) is 6.42 Å². The lowest BCUT2D eigenvalue weighted by molar-refractivity contribution is -0.124. The number of carbonyl (C=O) groups is 1. The van der Waals surface area contributed by atoms with Crippen molar-refractivity contribution >= 4 is 5.91 Å². The van der Waals surface area contributed by atoms with Gasteiger partial charge in [0.05, 0.1) is 18.8 Å². The molecular formula is C64H127NO4. The number of allylic oxidation sites excluding steroid dienone is 2. The summed E-state index contributed by atoms with van der Waals surface area (Å²) in [4.78, 5) is 12.5. The summed E-state index contributed by atoms with van der Waals surface area (Å²) >= 11 is 0. The van der Waals surface area contributed by atoms with E-state index < -0.39 is 18.2 Å². The van der Waals surface area contributed by atoms with Crippen molar-refractivity contribution in [3.05, 3.63) is 12.2 Å². The quantitative estimate of drug-likeness (QED) is 0.0361. The van der Waals surface area contributed by atoms with E-state index in [4.69, 9.17) is 0 Å². The van der Waals surface area contributed by atoms with E-state index in [9.17, 15) is 20.1 Å². The normalized spacial score (nSPS) is 13.2. The average Bonchev–Trinajstić information content (AvgIpc) is 3.35. The molecule has 0 saturated carbocycles. The van der Waals surface area contributed by atoms with Crippen LogP contribution < -0.4 is 5.32 Å². The fourth-order valence-corrected chi connectivity index (χ4v) is 10.5. The Labute approximate surface area is 433 Å². The first-order valence-corrected chi connectivity index (χ1v) is 32.0. The van der Waals surface area contributed by atoms with Crippen LogP contribution in [0.5, 0.6) is 0 Å². The molecule has 0 aliphatic carbocycles. The lowest BCUT2D eigenvalue weighted by Crippen LogP contribution is -2.50. The third-order valence-electron chi connectivity index (χ3n) is 15.4. The van der Waals surface area contributed by atoms with Gasteiger partial charge in [-0.05, 0) is 38.5 Å². The van der Waals surface area contributed by atoms with Crippen LogP contribution in [0.3, 0.4) is 0 Å². The first kappa shape index (κ1) is 68.1. The molecule has 5 nitrogen and oxygen atoms in total. The Hall–Kier alpha value is -0.910. The first-order chi connectivity index (χ1) is 34.1. The van der Waals surface area contributed by atoms with Crippen molar-refractivity contribution in [2.45, 2.75) is 385 Å². The lowest BCUT2D eigenvalue weighted by Gasteiger charge is -2.26. The van der Waals surface area contributed by atoms with Crippen LogP contribution in [-0.4, -0.2) is 46.1 Å². The van der Waals surface area contributed by atoms with Gasteiger partial charge in [-0.2, -0.15) is 0 Å². The molecule has 0 bridgehead atoms. The number of unbranched alkanes of at least 4 members (excludes halogenated alkanes) is 50. The highest BCUT2D eigenvalue weighted by Crippen LogP contribution is 2.19. The molecule has 1 amide bonds. The standard InChI is InChI=1S/C64H127NO4/c1-3-5-7-9-11-13-15-17-19-21-23-25-27-28-29-30-31-32-33-34-35-37-39-41-43-45-47-49-51-53-55-57-59-63(68)65-61(60-66)64(69)62(67)58-56-54-52-50-48-46-44-42-40-38-36-26-24-22-20-18-16-14-12-10-8-6-4-2/h50,52,61-62,64,66-67,69H,3-49,51,53-60H2,1-2H3,(H,65,68)/b52-50+. The zero-order valence-corrected chi connectivity index (χ0v) is 47.2. The summed E-state index contributed by atoms with van der Waals surface area (Å²) in [6.45, 7) is 4.22. The van der Waals surface area contributed by atoms with Gasteiger partial charge >= 0.3 is 0 Å². The Balaban J connectivity index is 3.48. The van der Waals surface area contributed by atoms with E-state index in [1.807, 2.05) is 0 Å². The molecule has 5 heteroatoms. The summed E-state index contributed by atoms with van der Waals surface area (Å²) in [6.07, 6.45) is 75.5. The summed E-state index contributed by atoms with van der Waals surface area (Å²) in [6, 6.07) is -0.823. The molecule has 0 aliphatic rings. The summed E-state index contributed by atoms with van der Waals surface area (Å²) in [5, 5.41) is 33.8. The highest BCUT2D eigenvalue weighted by molar-refractivity contribution is 5.76. The number of hydrogen-bond acceptors (Lipinski definition) is 4. The van der Waals surface area contributed by atoms with Gasteiger partial charge in [0.25, 0.3) is 0 Å². The van der Waals surface area contributed by atoms with Crippen LogP contribution in [0.25, 0.3) is 0 Å². The number of amides is 1. The molecule has 0 aromatic heterocycles. The van der Waals surface area contributed by atoms with E-state index >= 15 is 0 Å². The zero-order valence-electron chi connectivity index (χ0n) is 47.2. The molecule has 0 aromatic rings. The minimum absolute atomic E-state index is 0.145. The van der Waals surface area contributed by atoms with Gasteiger partial charge in [0.1, 0.15) is 6.10 Å². The van der Waals surface area contributed by atoms with E-state index in [-0.39, 0.29) is 12.5 Å². The second-order valence-electron chi connectivity index (χ2n) is 22.3. The Morgan fingerprint density at radius 3 is 0.841 bits per heavy atom. The minimum Gasteiger partial charge on any atom is -0.394 e. The highest BCUT2D eigenvalue weighted by Gasteiger charge is 2.26. The fourth-order valence-electron chi connectivity index (χ4n) is 10.5. The molecule has 412 valence electrons. The van der Waals surface area contributed by atoms with Crippen LogP contribution in [0.15, 0.2) is 12.2 Å². The molecule has 0 fully saturated rings. The van der Waals surface area contributed by atoms with Crippen molar-refractivity contribution in [1.29, 1.82) is 0 Å². The monoisotopic (exact) mass is 974 g/mol. The predicted molar refractivity (Wildman–Crippen MR) is 305 cm³/mol. The van der Waals surface area contributed by atoms with E-state index in [1.54, 1.807) is 0 Å². The van der Waals surface area contributed by atoms with E-state index in [0.29, 0.717) is 12.8 Å². The van der Waals surface area contributed by atoms with Crippen molar-refractivity contribution in [1.82, 2.24) is 5.32 Å². The molecule has 0 saturated heterocycles. The van der Waals surface area contributed by atoms with E-state index in [2.05, 4.69) is 31.3 Å². The number of hydrogen-bond donors (Lipinski definition) is 4. The summed E-state index contributed by atoms with van der Waals surface area (Å²) < 4.78 is 0. The Morgan fingerprint density at radius 2 is 0.580 bits per heavy atom. The molecule has 0 aliphatic heterocycles. The van der Waals surface area contributed by atoms with Gasteiger partial charge in [-0.3, -0.25) is 4.79 Å². The molecular weight excluding hydrogens is 847 g/mol. The minimum atomic E-state index is -1.16. The maximum atomic E-state index is 12.5. The number of aliphatic hydroxyl groups excluding tert-OH is 3. The molecule has 0 aromatic carbocycles. The van der Waals surface area contributed by atoms with Crippen LogP contribution >= 0.6 is 0 Å². The molecule has 3 unspecified atom stereocenters. The second-order valence-corrected chi connectivity index (χ2v) is 22.3. The van der Waals surface area contributed by atoms with Crippen molar-refractivity contribution in [2.24, 2.45) is 0 Å². The zero-order chi connectivity index (χ0) is 50.0. The van der Waals surface area contributed by atoms with Crippen molar-refractivity contribution in [2.75, 3.05) is 6.61 Å². The lowest BCUT2D eigenvalue weighted by atomic mass is 10.0. The van der Waals surface area contributed by atoms with Gasteiger partial charge in [-0.15, -0.1) is 0 Å². The molecule has 4 N–H and O–H groups in total. The predicted octanol–water partition coefficient (Wildman–Crippen LogP) is 20.2. The second kappa shape index (κ2) is 59.7. The Bertz CT molecular complexity index is 987. The molecule has 0 rings (SSSR count). The van der Waals surface area contributed by atoms with E-state index in [1.165, 1.54) is 302 Å². The van der Waals surface area contributed by atoms with Gasteiger partial charge in [0.15, 0.2) is 0 Å². The SMILES string of the molecule is CCCCCCCCCCCCCCCCCCCC/C=C/CCCC(O)C(O)C(CO)NC(=O)CCCCCCCCCCCCCCCCCCCCCCCCCCCCCCCCCC. The number of rotatable bonds is 60. The summed E-state index contributed by atoms with van der Waals surface area (Å²) in [5.74, 6) is -0.145. The first-order valence-electron chi connectivity index (χ1n) is 32.0. The highest BCUT2D eigenvalue weighted by atomic mass is 16.3. The molecule has 0 spiro atoms. The number of aliphatic hydroxyl groups is 3. The van der Waals surface area contributed by atoms with Gasteiger partial charge in [-0.1, -0.05) is 334 Å². The van der Waals surface area contributed by atoms with Gasteiger partial charge in [0.2, 0.25) is 5.91 Å². The third kappa shape index (κ3) is 54.7. The smallest absolute Gasteiger partial charge is 0.220 e. The summed E-state index contributed by atoms with van der Waals surface area (Å²) in [7, 11) is 0. The number of carbonyl (C=O) groups excluding carboxylic acids is 1. The maximum Gasteiger partial charge on any atom is 0.220 e. The van der Waals surface area contributed by atoms with Crippen LogP contribution in [0.4, 0.5) is 0 Å². The van der Waals surface area contributed by atoms with Crippen LogP contribution in [0.2, 0.25) is 0 Å². The van der Waals surface area contributed by atoms with Crippen LogP contribution in [0.1, 0.15) is 367 Å². The number of nitrogens with one attached hydrogen (secondary N) is 1. The molecule has 0 radical (unpaired) electrons. The van der Waals surface area contributed by atoms with Crippen LogP contribution in [0, 0.1) is 0 Å². The molecule has 69 heavy (non-hydrogen) atoms.